The number of anilines is 1. The lowest BCUT2D eigenvalue weighted by Gasteiger charge is -2.02. The maximum atomic E-state index is 5.78. The molecule has 0 unspecified atom stereocenters. The predicted octanol–water partition coefficient (Wildman–Crippen LogP) is 2.74. The van der Waals surface area contributed by atoms with Gasteiger partial charge in [-0.3, -0.25) is 4.40 Å². The van der Waals surface area contributed by atoms with Crippen LogP contribution in [-0.2, 0) is 0 Å². The van der Waals surface area contributed by atoms with Crippen molar-refractivity contribution < 1.29 is 0 Å². The van der Waals surface area contributed by atoms with Gasteiger partial charge < -0.3 is 5.73 Å². The molecule has 2 aromatic heterocycles. The number of nitrogens with zero attached hydrogens (tertiary/aromatic N) is 3. The van der Waals surface area contributed by atoms with E-state index < -0.39 is 0 Å². The lowest BCUT2D eigenvalue weighted by molar-refractivity contribution is 1.11. The van der Waals surface area contributed by atoms with Gasteiger partial charge in [0.05, 0.1) is 0 Å². The minimum atomic E-state index is 0.686. The summed E-state index contributed by atoms with van der Waals surface area (Å²) in [5.41, 5.74) is 8.24. The fourth-order valence-electron chi connectivity index (χ4n) is 1.73. The minimum absolute atomic E-state index is 0.686. The van der Waals surface area contributed by atoms with E-state index in [-0.39, 0.29) is 0 Å². The van der Waals surface area contributed by atoms with Gasteiger partial charge in [-0.15, -0.1) is 10.2 Å². The number of halogens is 1. The van der Waals surface area contributed by atoms with Gasteiger partial charge in [0.25, 0.3) is 0 Å². The average molecular weight is 289 g/mol. The third kappa shape index (κ3) is 1.68. The van der Waals surface area contributed by atoms with E-state index in [1.54, 1.807) is 0 Å². The van der Waals surface area contributed by atoms with Crippen molar-refractivity contribution in [1.29, 1.82) is 0 Å². The molecule has 4 nitrogen and oxygen atoms in total. The molecule has 0 aliphatic rings. The Kier molecular flexibility index (Phi) is 2.33. The van der Waals surface area contributed by atoms with Crippen LogP contribution in [0.25, 0.3) is 17.0 Å². The number of hydrogen-bond donors (Lipinski definition) is 1. The number of aromatic nitrogens is 3. The van der Waals surface area contributed by atoms with E-state index in [4.69, 9.17) is 5.73 Å². The van der Waals surface area contributed by atoms with Gasteiger partial charge in [-0.25, -0.2) is 0 Å². The highest BCUT2D eigenvalue weighted by Gasteiger charge is 2.10. The van der Waals surface area contributed by atoms with Crippen molar-refractivity contribution in [3.8, 4) is 11.4 Å². The van der Waals surface area contributed by atoms with Gasteiger partial charge in [0.1, 0.15) is 0 Å². The molecule has 0 amide bonds. The second kappa shape index (κ2) is 3.85. The highest BCUT2D eigenvalue weighted by atomic mass is 79.9. The lowest BCUT2D eigenvalue weighted by Crippen LogP contribution is -1.93. The molecule has 5 heteroatoms. The number of benzene rings is 1. The Balaban J connectivity index is 2.31. The van der Waals surface area contributed by atoms with Crippen LogP contribution in [0.2, 0.25) is 0 Å². The summed E-state index contributed by atoms with van der Waals surface area (Å²) in [5.74, 6) is 0.778. The first-order valence-corrected chi connectivity index (χ1v) is 5.90. The van der Waals surface area contributed by atoms with Gasteiger partial charge in [0, 0.05) is 21.9 Å². The molecule has 0 bridgehead atoms. The summed E-state index contributed by atoms with van der Waals surface area (Å²) >= 11 is 3.51. The van der Waals surface area contributed by atoms with E-state index in [0.29, 0.717) is 5.69 Å². The fourth-order valence-corrected chi connectivity index (χ4v) is 2.20. The summed E-state index contributed by atoms with van der Waals surface area (Å²) in [7, 11) is 0. The molecule has 0 spiro atoms. The zero-order chi connectivity index (χ0) is 11.8. The molecule has 17 heavy (non-hydrogen) atoms. The molecule has 0 radical (unpaired) electrons. The molecule has 0 saturated carbocycles. The van der Waals surface area contributed by atoms with Crippen LogP contribution in [0.5, 0.6) is 0 Å². The summed E-state index contributed by atoms with van der Waals surface area (Å²) in [4.78, 5) is 0. The van der Waals surface area contributed by atoms with Crippen molar-refractivity contribution in [3.63, 3.8) is 0 Å². The van der Waals surface area contributed by atoms with Crippen LogP contribution in [-0.4, -0.2) is 14.6 Å². The quantitative estimate of drug-likeness (QED) is 0.749. The molecular weight excluding hydrogens is 280 g/mol. The van der Waals surface area contributed by atoms with Crippen LogP contribution in [0.1, 0.15) is 0 Å². The van der Waals surface area contributed by atoms with E-state index >= 15 is 0 Å². The first-order chi connectivity index (χ1) is 8.25. The van der Waals surface area contributed by atoms with Crippen molar-refractivity contribution in [1.82, 2.24) is 14.6 Å². The summed E-state index contributed by atoms with van der Waals surface area (Å²) in [5, 5.41) is 8.31. The van der Waals surface area contributed by atoms with Crippen molar-refractivity contribution >= 4 is 27.3 Å². The van der Waals surface area contributed by atoms with E-state index in [1.165, 1.54) is 0 Å². The molecular formula is C12H9BrN4. The molecule has 0 atom stereocenters. The topological polar surface area (TPSA) is 56.2 Å². The number of pyridine rings is 1. The van der Waals surface area contributed by atoms with E-state index in [9.17, 15) is 0 Å². The van der Waals surface area contributed by atoms with E-state index in [2.05, 4.69) is 26.1 Å². The Labute approximate surface area is 106 Å². The van der Waals surface area contributed by atoms with Crippen LogP contribution in [0, 0.1) is 0 Å². The molecule has 0 aliphatic heterocycles. The zero-order valence-corrected chi connectivity index (χ0v) is 10.4. The normalized spacial score (nSPS) is 10.9. The summed E-state index contributed by atoms with van der Waals surface area (Å²) in [6.07, 6.45) is 1.82. The van der Waals surface area contributed by atoms with Crippen LogP contribution in [0.15, 0.2) is 47.1 Å². The molecule has 3 aromatic rings. The molecule has 0 fully saturated rings. The molecule has 0 aliphatic carbocycles. The number of fused-ring (bicyclic) bond motifs is 1. The van der Waals surface area contributed by atoms with Gasteiger partial charge >= 0.3 is 0 Å². The van der Waals surface area contributed by atoms with Crippen LogP contribution < -0.4 is 5.73 Å². The third-order valence-electron chi connectivity index (χ3n) is 2.54. The Morgan fingerprint density at radius 2 is 1.88 bits per heavy atom. The highest BCUT2D eigenvalue weighted by Crippen LogP contribution is 2.27. The smallest absolute Gasteiger partial charge is 0.169 e. The Hall–Kier alpha value is -1.88. The number of nitrogen functional groups attached to an aromatic ring is 1. The van der Waals surface area contributed by atoms with Crippen molar-refractivity contribution in [3.05, 3.63) is 47.1 Å². The Morgan fingerprint density at radius 3 is 2.71 bits per heavy atom. The number of rotatable bonds is 1. The largest absolute Gasteiger partial charge is 0.398 e. The minimum Gasteiger partial charge on any atom is -0.398 e. The van der Waals surface area contributed by atoms with Gasteiger partial charge in [0.15, 0.2) is 11.5 Å². The standard InChI is InChI=1S/C12H9BrN4/c13-10-4-2-1-3-9(10)12-16-15-11-6-5-8(14)7-17(11)12/h1-7H,14H2. The Morgan fingerprint density at radius 1 is 1.06 bits per heavy atom. The van der Waals surface area contributed by atoms with Gasteiger partial charge in [-0.2, -0.15) is 0 Å². The zero-order valence-electron chi connectivity index (χ0n) is 8.84. The van der Waals surface area contributed by atoms with Gasteiger partial charge in [-0.1, -0.05) is 34.1 Å². The average Bonchev–Trinajstić information content (AvgIpc) is 2.72. The first-order valence-electron chi connectivity index (χ1n) is 5.11. The molecule has 1 aromatic carbocycles. The second-order valence-electron chi connectivity index (χ2n) is 3.69. The summed E-state index contributed by atoms with van der Waals surface area (Å²) in [6, 6.07) is 11.6. The molecule has 2 heterocycles. The van der Waals surface area contributed by atoms with Gasteiger partial charge in [0.2, 0.25) is 0 Å². The third-order valence-corrected chi connectivity index (χ3v) is 3.23. The molecule has 3 rings (SSSR count). The second-order valence-corrected chi connectivity index (χ2v) is 4.55. The monoisotopic (exact) mass is 288 g/mol. The first kappa shape index (κ1) is 10.3. The fraction of sp³-hybridized carbons (Fsp3) is 0. The summed E-state index contributed by atoms with van der Waals surface area (Å²) in [6.45, 7) is 0. The van der Waals surface area contributed by atoms with Crippen molar-refractivity contribution in [2.75, 3.05) is 5.73 Å². The lowest BCUT2D eigenvalue weighted by atomic mass is 10.2. The van der Waals surface area contributed by atoms with Crippen molar-refractivity contribution in [2.24, 2.45) is 0 Å². The molecule has 2 N–H and O–H groups in total. The van der Waals surface area contributed by atoms with Crippen molar-refractivity contribution in [2.45, 2.75) is 0 Å². The molecule has 84 valence electrons. The number of nitrogens with two attached hydrogens (primary N) is 1. The summed E-state index contributed by atoms with van der Waals surface area (Å²) < 4.78 is 2.87. The number of hydrogen-bond acceptors (Lipinski definition) is 3. The maximum Gasteiger partial charge on any atom is 0.169 e. The molecule has 0 saturated heterocycles. The maximum absolute atomic E-state index is 5.78. The van der Waals surface area contributed by atoms with E-state index in [1.807, 2.05) is 47.0 Å². The van der Waals surface area contributed by atoms with Gasteiger partial charge in [-0.05, 0) is 18.2 Å². The predicted molar refractivity (Wildman–Crippen MR) is 70.5 cm³/mol. The van der Waals surface area contributed by atoms with E-state index in [0.717, 1.165) is 21.5 Å². The highest BCUT2D eigenvalue weighted by molar-refractivity contribution is 9.10. The SMILES string of the molecule is Nc1ccc2nnc(-c3ccccc3Br)n2c1. The van der Waals surface area contributed by atoms with Crippen LogP contribution >= 0.6 is 15.9 Å². The van der Waals surface area contributed by atoms with Crippen LogP contribution in [0.3, 0.4) is 0 Å². The van der Waals surface area contributed by atoms with Crippen LogP contribution in [0.4, 0.5) is 5.69 Å². The Bertz CT molecular complexity index is 690.